The molecule has 0 aromatic carbocycles. The molecule has 2 aliphatic rings. The molecular weight excluding hydrogens is 360 g/mol. The predicted molar refractivity (Wildman–Crippen MR) is 91.0 cm³/mol. The highest BCUT2D eigenvalue weighted by Gasteiger charge is 2.45. The van der Waals surface area contributed by atoms with Gasteiger partial charge in [0.25, 0.3) is 5.56 Å². The minimum absolute atomic E-state index is 0.0723. The minimum atomic E-state index is -1.34. The van der Waals surface area contributed by atoms with Gasteiger partial charge >= 0.3 is 0 Å². The van der Waals surface area contributed by atoms with Crippen LogP contribution in [0.2, 0.25) is 0 Å². The van der Waals surface area contributed by atoms with Crippen molar-refractivity contribution in [3.8, 4) is 0 Å². The molecule has 0 spiro atoms. The lowest BCUT2D eigenvalue weighted by Gasteiger charge is -2.34. The summed E-state index contributed by atoms with van der Waals surface area (Å²) in [5.74, 6) is 0.342. The van der Waals surface area contributed by atoms with Gasteiger partial charge in [-0.3, -0.25) is 14.2 Å². The summed E-state index contributed by atoms with van der Waals surface area (Å²) >= 11 is 0. The number of nitrogens with one attached hydrogen (secondary N) is 1. The molecule has 2 aromatic rings. The number of aliphatic hydroxyl groups is 3. The van der Waals surface area contributed by atoms with E-state index < -0.39 is 36.7 Å². The van der Waals surface area contributed by atoms with Gasteiger partial charge in [0.1, 0.15) is 18.3 Å². The summed E-state index contributed by atoms with van der Waals surface area (Å²) in [7, 11) is 0. The van der Waals surface area contributed by atoms with E-state index in [0.717, 1.165) is 6.41 Å². The van der Waals surface area contributed by atoms with Crippen LogP contribution in [0.1, 0.15) is 6.23 Å². The Morgan fingerprint density at radius 2 is 2.00 bits per heavy atom. The van der Waals surface area contributed by atoms with Crippen molar-refractivity contribution in [2.24, 2.45) is 0 Å². The number of hydrogen-bond donors (Lipinski definition) is 4. The van der Waals surface area contributed by atoms with E-state index in [1.807, 2.05) is 4.90 Å². The Morgan fingerprint density at radius 3 is 2.63 bits per heavy atom. The molecule has 0 bridgehead atoms. The summed E-state index contributed by atoms with van der Waals surface area (Å²) in [6, 6.07) is 0. The van der Waals surface area contributed by atoms with Gasteiger partial charge in [-0.1, -0.05) is 0 Å². The van der Waals surface area contributed by atoms with Crippen LogP contribution in [0, 0.1) is 0 Å². The van der Waals surface area contributed by atoms with Gasteiger partial charge in [0.05, 0.1) is 12.9 Å². The van der Waals surface area contributed by atoms with Crippen molar-refractivity contribution >= 4 is 23.5 Å². The Labute approximate surface area is 152 Å². The van der Waals surface area contributed by atoms with E-state index in [2.05, 4.69) is 15.0 Å². The quantitative estimate of drug-likeness (QED) is 0.406. The Morgan fingerprint density at radius 1 is 1.26 bits per heavy atom. The predicted octanol–water partition coefficient (Wildman–Crippen LogP) is -2.99. The first-order valence-corrected chi connectivity index (χ1v) is 8.57. The molecule has 2 aliphatic heterocycles. The van der Waals surface area contributed by atoms with Gasteiger partial charge in [0, 0.05) is 26.2 Å². The smallest absolute Gasteiger partial charge is 0.278 e. The normalized spacial score (nSPS) is 28.9. The molecule has 2 saturated heterocycles. The number of nitrogens with zero attached hydrogens (tertiary/aromatic N) is 5. The molecule has 2 fully saturated rings. The average molecular weight is 380 g/mol. The number of aliphatic hydroxyl groups excluding tert-OH is 3. The summed E-state index contributed by atoms with van der Waals surface area (Å²) in [5, 5.41) is 29.9. The van der Waals surface area contributed by atoms with Gasteiger partial charge in [0.15, 0.2) is 17.4 Å². The number of ether oxygens (including phenoxy) is 1. The van der Waals surface area contributed by atoms with Crippen LogP contribution in [0.5, 0.6) is 0 Å². The van der Waals surface area contributed by atoms with E-state index in [0.29, 0.717) is 32.1 Å². The Hall–Kier alpha value is -2.54. The zero-order valence-corrected chi connectivity index (χ0v) is 14.3. The largest absolute Gasteiger partial charge is 0.394 e. The first-order chi connectivity index (χ1) is 13.0. The summed E-state index contributed by atoms with van der Waals surface area (Å²) in [6.07, 6.45) is -2.67. The molecule has 0 saturated carbocycles. The van der Waals surface area contributed by atoms with E-state index in [1.54, 1.807) is 4.90 Å². The zero-order chi connectivity index (χ0) is 19.1. The van der Waals surface area contributed by atoms with E-state index in [4.69, 9.17) is 4.74 Å². The lowest BCUT2D eigenvalue weighted by Crippen LogP contribution is -2.47. The van der Waals surface area contributed by atoms with E-state index in [1.165, 1.54) is 10.9 Å². The Bertz CT molecular complexity index is 891. The lowest BCUT2D eigenvalue weighted by molar-refractivity contribution is -0.118. The average Bonchev–Trinajstić information content (AvgIpc) is 3.21. The van der Waals surface area contributed by atoms with Crippen LogP contribution in [-0.2, 0) is 9.53 Å². The van der Waals surface area contributed by atoms with Crippen LogP contribution >= 0.6 is 0 Å². The molecule has 146 valence electrons. The van der Waals surface area contributed by atoms with Crippen LogP contribution in [-0.4, -0.2) is 97.2 Å². The molecule has 4 rings (SSSR count). The monoisotopic (exact) mass is 380 g/mol. The van der Waals surface area contributed by atoms with Crippen molar-refractivity contribution in [3.05, 3.63) is 16.7 Å². The number of carbonyl (C=O) groups is 1. The van der Waals surface area contributed by atoms with Crippen molar-refractivity contribution in [1.82, 2.24) is 24.4 Å². The summed E-state index contributed by atoms with van der Waals surface area (Å²) < 4.78 is 7.09. The molecule has 0 radical (unpaired) electrons. The van der Waals surface area contributed by atoms with Crippen molar-refractivity contribution in [1.29, 1.82) is 0 Å². The number of amides is 1. The number of hydrogen-bond acceptors (Lipinski definition) is 9. The maximum absolute atomic E-state index is 12.2. The Balaban J connectivity index is 1.80. The van der Waals surface area contributed by atoms with Crippen molar-refractivity contribution in [2.75, 3.05) is 37.7 Å². The number of piperazine rings is 1. The van der Waals surface area contributed by atoms with Crippen molar-refractivity contribution in [3.63, 3.8) is 0 Å². The maximum atomic E-state index is 12.2. The van der Waals surface area contributed by atoms with Gasteiger partial charge in [-0.25, -0.2) is 9.97 Å². The molecule has 4 heterocycles. The second-order valence-electron chi connectivity index (χ2n) is 6.54. The number of aromatic nitrogens is 4. The van der Waals surface area contributed by atoms with Crippen LogP contribution < -0.4 is 10.5 Å². The van der Waals surface area contributed by atoms with E-state index in [-0.39, 0.29) is 11.2 Å². The summed E-state index contributed by atoms with van der Waals surface area (Å²) in [6.45, 7) is 1.42. The number of rotatable bonds is 4. The molecule has 1 amide bonds. The van der Waals surface area contributed by atoms with Crippen LogP contribution in [0.15, 0.2) is 11.1 Å². The molecule has 12 nitrogen and oxygen atoms in total. The first kappa shape index (κ1) is 17.9. The number of carbonyl (C=O) groups excluding carboxylic acids is 1. The van der Waals surface area contributed by atoms with Crippen LogP contribution in [0.25, 0.3) is 11.2 Å². The maximum Gasteiger partial charge on any atom is 0.278 e. The lowest BCUT2D eigenvalue weighted by atomic mass is 10.1. The molecule has 27 heavy (non-hydrogen) atoms. The molecule has 4 atom stereocenters. The third-order valence-corrected chi connectivity index (χ3v) is 4.98. The number of anilines is 1. The zero-order valence-electron chi connectivity index (χ0n) is 14.3. The van der Waals surface area contributed by atoms with Gasteiger partial charge in [-0.2, -0.15) is 0 Å². The van der Waals surface area contributed by atoms with Crippen LogP contribution in [0.3, 0.4) is 0 Å². The standard InChI is InChI=1S/C15H20N6O6/c22-5-8-10(24)11(25)14(27-8)21-12-9(13(26)17-6-16-12)18-15(21)20-3-1-19(7-23)2-4-20/h6-8,10-11,14,22,24-25H,1-5H2,(H,16,17,26)/t8-,10+,11-,14-/m1/s1. The van der Waals surface area contributed by atoms with Crippen molar-refractivity contribution in [2.45, 2.75) is 24.5 Å². The SMILES string of the molecule is O=CN1CCN(c2nc3c(=O)[nH]cnc3n2[C@@H]2O[C@H](CO)[C@H](O)[C@H]2O)CC1. The van der Waals surface area contributed by atoms with Gasteiger partial charge in [-0.15, -0.1) is 0 Å². The van der Waals surface area contributed by atoms with Gasteiger partial charge in [-0.05, 0) is 0 Å². The number of aromatic amines is 1. The molecule has 12 heteroatoms. The van der Waals surface area contributed by atoms with E-state index >= 15 is 0 Å². The minimum Gasteiger partial charge on any atom is -0.394 e. The third-order valence-electron chi connectivity index (χ3n) is 4.98. The number of fused-ring (bicyclic) bond motifs is 1. The second-order valence-corrected chi connectivity index (χ2v) is 6.54. The number of H-pyrrole nitrogens is 1. The summed E-state index contributed by atoms with van der Waals surface area (Å²) in [5.41, 5.74) is -0.178. The number of imidazole rings is 1. The fraction of sp³-hybridized carbons (Fsp3) is 0.600. The van der Waals surface area contributed by atoms with Crippen molar-refractivity contribution < 1.29 is 24.9 Å². The highest BCUT2D eigenvalue weighted by molar-refractivity contribution is 5.74. The molecule has 0 unspecified atom stereocenters. The Kier molecular flexibility index (Phi) is 4.55. The highest BCUT2D eigenvalue weighted by Crippen LogP contribution is 2.35. The fourth-order valence-electron chi connectivity index (χ4n) is 3.49. The molecular formula is C15H20N6O6. The van der Waals surface area contributed by atoms with Gasteiger partial charge < -0.3 is 34.8 Å². The highest BCUT2D eigenvalue weighted by atomic mass is 16.6. The van der Waals surface area contributed by atoms with Gasteiger partial charge in [0.2, 0.25) is 12.4 Å². The first-order valence-electron chi connectivity index (χ1n) is 8.57. The second kappa shape index (κ2) is 6.88. The molecule has 2 aromatic heterocycles. The van der Waals surface area contributed by atoms with E-state index in [9.17, 15) is 24.9 Å². The van der Waals surface area contributed by atoms with Crippen LogP contribution in [0.4, 0.5) is 5.95 Å². The molecule has 0 aliphatic carbocycles. The topological polar surface area (TPSA) is 157 Å². The molecule has 4 N–H and O–H groups in total. The third kappa shape index (κ3) is 2.86. The summed E-state index contributed by atoms with van der Waals surface area (Å²) in [4.78, 5) is 37.6. The fourth-order valence-corrected chi connectivity index (χ4v) is 3.49.